The maximum Gasteiger partial charge on any atom is 0.270 e. The normalized spacial score (nSPS) is 19.8. The third kappa shape index (κ3) is 2.59. The standard InChI is InChI=1S/C21H22N2O3/c1-20(2)8-10-21(11-9-20)17-13-15(6-7-18(17)22-19(21)24)14-4-3-5-16(12-14)23(25)26/h3-7,12-13H,8-11H2,1-2H3,(H,22,24). The lowest BCUT2D eigenvalue weighted by molar-refractivity contribution is -0.384. The zero-order valence-corrected chi connectivity index (χ0v) is 15.0. The Labute approximate surface area is 152 Å². The number of hydrogen-bond donors (Lipinski definition) is 1. The molecule has 5 heteroatoms. The van der Waals surface area contributed by atoms with Crippen LogP contribution in [0.4, 0.5) is 11.4 Å². The first-order valence-electron chi connectivity index (χ1n) is 9.02. The van der Waals surface area contributed by atoms with Crippen LogP contribution in [0, 0.1) is 15.5 Å². The van der Waals surface area contributed by atoms with Gasteiger partial charge in [-0.25, -0.2) is 0 Å². The topological polar surface area (TPSA) is 72.2 Å². The number of amides is 1. The zero-order valence-electron chi connectivity index (χ0n) is 15.0. The van der Waals surface area contributed by atoms with E-state index in [1.165, 1.54) is 6.07 Å². The molecule has 4 rings (SSSR count). The van der Waals surface area contributed by atoms with Crippen molar-refractivity contribution >= 4 is 17.3 Å². The van der Waals surface area contributed by atoms with Gasteiger partial charge in [0.15, 0.2) is 0 Å². The van der Waals surface area contributed by atoms with Gasteiger partial charge >= 0.3 is 0 Å². The third-order valence-corrected chi connectivity index (χ3v) is 6.07. The molecule has 2 aliphatic rings. The molecular formula is C21H22N2O3. The lowest BCUT2D eigenvalue weighted by Crippen LogP contribution is -2.40. The van der Waals surface area contributed by atoms with Crippen LogP contribution in [0.5, 0.6) is 0 Å². The van der Waals surface area contributed by atoms with Crippen LogP contribution >= 0.6 is 0 Å². The molecule has 0 saturated heterocycles. The lowest BCUT2D eigenvalue weighted by atomic mass is 9.62. The van der Waals surface area contributed by atoms with E-state index in [4.69, 9.17) is 0 Å². The summed E-state index contributed by atoms with van der Waals surface area (Å²) in [5, 5.41) is 14.1. The highest BCUT2D eigenvalue weighted by Gasteiger charge is 2.49. The number of rotatable bonds is 2. The van der Waals surface area contributed by atoms with E-state index in [-0.39, 0.29) is 21.9 Å². The molecule has 1 aliphatic carbocycles. The van der Waals surface area contributed by atoms with Crippen LogP contribution in [0.25, 0.3) is 11.1 Å². The number of nitro benzene ring substituents is 1. The van der Waals surface area contributed by atoms with Gasteiger partial charge in [-0.2, -0.15) is 0 Å². The average molecular weight is 350 g/mol. The van der Waals surface area contributed by atoms with E-state index in [0.29, 0.717) is 0 Å². The minimum atomic E-state index is -0.457. The molecule has 2 aromatic rings. The Morgan fingerprint density at radius 2 is 1.69 bits per heavy atom. The average Bonchev–Trinajstić information content (AvgIpc) is 2.89. The summed E-state index contributed by atoms with van der Waals surface area (Å²) in [7, 11) is 0. The van der Waals surface area contributed by atoms with Crippen molar-refractivity contribution in [2.45, 2.75) is 44.9 Å². The minimum absolute atomic E-state index is 0.0753. The molecule has 0 atom stereocenters. The van der Waals surface area contributed by atoms with Gasteiger partial charge < -0.3 is 5.32 Å². The molecule has 1 saturated carbocycles. The Morgan fingerprint density at radius 3 is 2.38 bits per heavy atom. The number of fused-ring (bicyclic) bond motifs is 2. The quantitative estimate of drug-likeness (QED) is 0.608. The smallest absolute Gasteiger partial charge is 0.270 e. The number of nitrogens with zero attached hydrogens (tertiary/aromatic N) is 1. The second-order valence-corrected chi connectivity index (χ2v) is 8.27. The number of benzene rings is 2. The maximum atomic E-state index is 12.8. The largest absolute Gasteiger partial charge is 0.325 e. The lowest BCUT2D eigenvalue weighted by Gasteiger charge is -2.40. The van der Waals surface area contributed by atoms with E-state index >= 15 is 0 Å². The van der Waals surface area contributed by atoms with Crippen molar-refractivity contribution in [1.29, 1.82) is 0 Å². The van der Waals surface area contributed by atoms with Gasteiger partial charge in [0.2, 0.25) is 5.91 Å². The summed E-state index contributed by atoms with van der Waals surface area (Å²) in [6.45, 7) is 4.51. The Morgan fingerprint density at radius 1 is 1.00 bits per heavy atom. The van der Waals surface area contributed by atoms with Crippen LogP contribution < -0.4 is 5.32 Å². The van der Waals surface area contributed by atoms with E-state index in [9.17, 15) is 14.9 Å². The van der Waals surface area contributed by atoms with Crippen LogP contribution in [0.3, 0.4) is 0 Å². The summed E-state index contributed by atoms with van der Waals surface area (Å²) < 4.78 is 0. The fourth-order valence-corrected chi connectivity index (χ4v) is 4.24. The molecule has 1 fully saturated rings. The molecule has 134 valence electrons. The van der Waals surface area contributed by atoms with Gasteiger partial charge in [0.05, 0.1) is 10.3 Å². The van der Waals surface area contributed by atoms with Crippen molar-refractivity contribution in [3.8, 4) is 11.1 Å². The molecule has 1 heterocycles. The Kier molecular flexibility index (Phi) is 3.65. The Balaban J connectivity index is 1.77. The van der Waals surface area contributed by atoms with E-state index in [0.717, 1.165) is 48.1 Å². The van der Waals surface area contributed by atoms with Gasteiger partial charge in [0.25, 0.3) is 5.69 Å². The molecule has 0 radical (unpaired) electrons. The van der Waals surface area contributed by atoms with Crippen molar-refractivity contribution in [2.24, 2.45) is 5.41 Å². The summed E-state index contributed by atoms with van der Waals surface area (Å²) in [6, 6.07) is 12.5. The third-order valence-electron chi connectivity index (χ3n) is 6.07. The van der Waals surface area contributed by atoms with Crippen molar-refractivity contribution in [2.75, 3.05) is 5.32 Å². The number of carbonyl (C=O) groups is 1. The predicted octanol–water partition coefficient (Wildman–Crippen LogP) is 5.05. The summed E-state index contributed by atoms with van der Waals surface area (Å²) in [5.74, 6) is 0.0965. The molecular weight excluding hydrogens is 328 g/mol. The van der Waals surface area contributed by atoms with Gasteiger partial charge in [-0.1, -0.05) is 32.0 Å². The van der Waals surface area contributed by atoms with Gasteiger partial charge in [-0.15, -0.1) is 0 Å². The molecule has 0 bridgehead atoms. The number of anilines is 1. The monoisotopic (exact) mass is 350 g/mol. The van der Waals surface area contributed by atoms with Crippen molar-refractivity contribution in [1.82, 2.24) is 0 Å². The Bertz CT molecular complexity index is 907. The van der Waals surface area contributed by atoms with Crippen LogP contribution in [0.15, 0.2) is 42.5 Å². The van der Waals surface area contributed by atoms with E-state index in [1.54, 1.807) is 12.1 Å². The highest BCUT2D eigenvalue weighted by Crippen LogP contribution is 2.52. The highest BCUT2D eigenvalue weighted by molar-refractivity contribution is 6.06. The Hall–Kier alpha value is -2.69. The van der Waals surface area contributed by atoms with Crippen LogP contribution in [0.2, 0.25) is 0 Å². The summed E-state index contributed by atoms with van der Waals surface area (Å²) in [4.78, 5) is 23.5. The summed E-state index contributed by atoms with van der Waals surface area (Å²) >= 11 is 0. The minimum Gasteiger partial charge on any atom is -0.325 e. The van der Waals surface area contributed by atoms with Crippen LogP contribution in [0.1, 0.15) is 45.1 Å². The fourth-order valence-electron chi connectivity index (χ4n) is 4.24. The second-order valence-electron chi connectivity index (χ2n) is 8.27. The van der Waals surface area contributed by atoms with Gasteiger partial charge in [0, 0.05) is 17.8 Å². The first kappa shape index (κ1) is 16.8. The van der Waals surface area contributed by atoms with E-state index in [2.05, 4.69) is 19.2 Å². The number of carbonyl (C=O) groups excluding carboxylic acids is 1. The predicted molar refractivity (Wildman–Crippen MR) is 101 cm³/mol. The summed E-state index contributed by atoms with van der Waals surface area (Å²) in [5.41, 5.74) is 3.52. The number of non-ortho nitro benzene ring substituents is 1. The van der Waals surface area contributed by atoms with E-state index < -0.39 is 5.41 Å². The molecule has 1 aliphatic heterocycles. The van der Waals surface area contributed by atoms with Crippen molar-refractivity contribution in [3.63, 3.8) is 0 Å². The SMILES string of the molecule is CC1(C)CCC2(CC1)C(=O)Nc1ccc(-c3cccc([N+](=O)[O-])c3)cc12. The molecule has 1 amide bonds. The van der Waals surface area contributed by atoms with Crippen LogP contribution in [-0.2, 0) is 10.2 Å². The molecule has 5 nitrogen and oxygen atoms in total. The first-order chi connectivity index (χ1) is 12.3. The molecule has 1 spiro atoms. The first-order valence-corrected chi connectivity index (χ1v) is 9.02. The molecule has 1 N–H and O–H groups in total. The molecule has 26 heavy (non-hydrogen) atoms. The maximum absolute atomic E-state index is 12.8. The van der Waals surface area contributed by atoms with Gasteiger partial charge in [0.1, 0.15) is 0 Å². The summed E-state index contributed by atoms with van der Waals surface area (Å²) in [6.07, 6.45) is 3.72. The number of nitrogens with one attached hydrogen (secondary N) is 1. The molecule has 0 aromatic heterocycles. The molecule has 0 unspecified atom stereocenters. The number of hydrogen-bond acceptors (Lipinski definition) is 3. The van der Waals surface area contributed by atoms with Gasteiger partial charge in [-0.3, -0.25) is 14.9 Å². The number of nitro groups is 1. The van der Waals surface area contributed by atoms with Gasteiger partial charge in [-0.05, 0) is 59.9 Å². The molecule has 2 aromatic carbocycles. The van der Waals surface area contributed by atoms with E-state index in [1.807, 2.05) is 24.3 Å². The van der Waals surface area contributed by atoms with Crippen LogP contribution in [-0.4, -0.2) is 10.8 Å². The van der Waals surface area contributed by atoms with Crippen molar-refractivity contribution in [3.05, 3.63) is 58.1 Å². The van der Waals surface area contributed by atoms with Crippen molar-refractivity contribution < 1.29 is 9.72 Å². The second kappa shape index (κ2) is 5.66. The fraction of sp³-hybridized carbons (Fsp3) is 0.381. The highest BCUT2D eigenvalue weighted by atomic mass is 16.6. The zero-order chi connectivity index (χ0) is 18.5.